The van der Waals surface area contributed by atoms with Gasteiger partial charge in [-0.05, 0) is 63.2 Å². The molecule has 3 unspecified atom stereocenters. The van der Waals surface area contributed by atoms with Crippen LogP contribution in [-0.4, -0.2) is 79.7 Å². The van der Waals surface area contributed by atoms with E-state index < -0.39 is 47.7 Å². The van der Waals surface area contributed by atoms with Crippen LogP contribution in [0, 0.1) is 18.3 Å². The highest BCUT2D eigenvalue weighted by atomic mass is 16.2. The number of nitrogens with zero attached hydrogens (tertiary/aromatic N) is 1. The van der Waals surface area contributed by atoms with Crippen LogP contribution >= 0.6 is 0 Å². The Morgan fingerprint density at radius 1 is 1.04 bits per heavy atom. The van der Waals surface area contributed by atoms with Crippen LogP contribution in [-0.2, 0) is 32.0 Å². The molecule has 47 heavy (non-hydrogen) atoms. The largest absolute Gasteiger partial charge is 0.352 e. The van der Waals surface area contributed by atoms with Crippen LogP contribution < -0.4 is 27.0 Å². The van der Waals surface area contributed by atoms with E-state index >= 15 is 0 Å². The molecule has 0 radical (unpaired) electrons. The normalized spacial score (nSPS) is 15.3. The SMILES string of the molecule is C#CCCC(NC(=O)C1CCCN1C(=O)C(NC(N)=O)C1Cc2ccccc2C1)C(=O)C(=O)NCC=C.CC.CC.CCC.CNC. The molecule has 1 aromatic carbocycles. The third-order valence-electron chi connectivity index (χ3n) is 6.80. The predicted octanol–water partition coefficient (Wildman–Crippen LogP) is 3.50. The van der Waals surface area contributed by atoms with Crippen LogP contribution in [0.2, 0.25) is 0 Å². The Labute approximate surface area is 283 Å². The van der Waals surface area contributed by atoms with Crippen LogP contribution in [0.15, 0.2) is 36.9 Å². The van der Waals surface area contributed by atoms with Crippen molar-refractivity contribution in [2.45, 2.75) is 105 Å². The van der Waals surface area contributed by atoms with Gasteiger partial charge < -0.3 is 31.9 Å². The van der Waals surface area contributed by atoms with Gasteiger partial charge in [0.1, 0.15) is 12.1 Å². The number of benzene rings is 1. The van der Waals surface area contributed by atoms with E-state index in [0.29, 0.717) is 32.2 Å². The zero-order valence-electron chi connectivity index (χ0n) is 29.9. The molecule has 11 heteroatoms. The molecular formula is C36H60N6O5. The average molecular weight is 657 g/mol. The number of carbonyl (C=O) groups excluding carboxylic acids is 5. The number of nitrogens with two attached hydrogens (primary N) is 1. The summed E-state index contributed by atoms with van der Waals surface area (Å²) in [5.41, 5.74) is 7.62. The number of fused-ring (bicyclic) bond motifs is 1. The standard InChI is InChI=1S/C27H33N5O5.C3H8.C2H7N.2C2H6/c1-3-5-11-20(23(33)25(35)29-13-4-2)30-24(34)21-12-8-14-32(21)26(36)22(31-27(28)37)19-15-17-9-6-7-10-18(17)16-19;2*1-3-2;2*1-2/h1,4,6-7,9-10,19-22H,2,5,8,11-16H2,(H,29,35)(H,30,34)(H3,28,31,37);3H2,1-2H3;3H,1-2H3;2*1-2H3. The van der Waals surface area contributed by atoms with Gasteiger partial charge in [-0.2, -0.15) is 0 Å². The van der Waals surface area contributed by atoms with Crippen LogP contribution in [0.3, 0.4) is 0 Å². The molecule has 1 aliphatic heterocycles. The fraction of sp³-hybridized carbons (Fsp3) is 0.583. The lowest BCUT2D eigenvalue weighted by Crippen LogP contribution is -2.58. The monoisotopic (exact) mass is 656 g/mol. The van der Waals surface area contributed by atoms with Crippen molar-refractivity contribution in [2.75, 3.05) is 27.2 Å². The topological polar surface area (TPSA) is 163 Å². The van der Waals surface area contributed by atoms with Gasteiger partial charge in [0.25, 0.3) is 5.91 Å². The van der Waals surface area contributed by atoms with Gasteiger partial charge in [0.15, 0.2) is 0 Å². The molecular weight excluding hydrogens is 596 g/mol. The van der Waals surface area contributed by atoms with Gasteiger partial charge in [-0.15, -0.1) is 18.9 Å². The van der Waals surface area contributed by atoms with Gasteiger partial charge in [0.05, 0.1) is 6.04 Å². The molecule has 1 fully saturated rings. The Kier molecular flexibility index (Phi) is 25.8. The number of hydrogen-bond donors (Lipinski definition) is 5. The second-order valence-corrected chi connectivity index (χ2v) is 10.5. The molecule has 1 aliphatic carbocycles. The molecule has 6 N–H and O–H groups in total. The van der Waals surface area contributed by atoms with Crippen molar-refractivity contribution in [3.05, 3.63) is 48.0 Å². The van der Waals surface area contributed by atoms with Gasteiger partial charge in [-0.3, -0.25) is 19.2 Å². The summed E-state index contributed by atoms with van der Waals surface area (Å²) in [7, 11) is 3.75. The Hall–Kier alpha value is -4.17. The van der Waals surface area contributed by atoms with Gasteiger partial charge in [-0.1, -0.05) is 78.3 Å². The highest BCUT2D eigenvalue weighted by Gasteiger charge is 2.42. The van der Waals surface area contributed by atoms with Crippen molar-refractivity contribution >= 4 is 29.5 Å². The fourth-order valence-electron chi connectivity index (χ4n) is 5.02. The fourth-order valence-corrected chi connectivity index (χ4v) is 5.02. The summed E-state index contributed by atoms with van der Waals surface area (Å²) in [4.78, 5) is 65.0. The van der Waals surface area contributed by atoms with Gasteiger partial charge in [0.2, 0.25) is 17.6 Å². The van der Waals surface area contributed by atoms with E-state index in [1.54, 1.807) is 0 Å². The lowest BCUT2D eigenvalue weighted by molar-refractivity contribution is -0.143. The number of rotatable bonds is 11. The van der Waals surface area contributed by atoms with Gasteiger partial charge >= 0.3 is 6.03 Å². The van der Waals surface area contributed by atoms with E-state index in [2.05, 4.69) is 47.6 Å². The molecule has 1 aromatic rings. The second kappa shape index (κ2) is 27.0. The molecule has 1 heterocycles. The van der Waals surface area contributed by atoms with Crippen molar-refractivity contribution in [1.29, 1.82) is 0 Å². The van der Waals surface area contributed by atoms with Gasteiger partial charge in [0, 0.05) is 19.5 Å². The lowest BCUT2D eigenvalue weighted by Gasteiger charge is -2.31. The van der Waals surface area contributed by atoms with Crippen LogP contribution in [0.1, 0.15) is 84.8 Å². The van der Waals surface area contributed by atoms with Crippen molar-refractivity contribution in [1.82, 2.24) is 26.2 Å². The number of Topliss-reactive ketones (excluding diaryl/α,β-unsaturated/α-hetero) is 1. The predicted molar refractivity (Wildman–Crippen MR) is 190 cm³/mol. The molecule has 264 valence electrons. The molecule has 0 saturated carbocycles. The van der Waals surface area contributed by atoms with Crippen molar-refractivity contribution in [3.8, 4) is 12.3 Å². The minimum absolute atomic E-state index is 0.0788. The second-order valence-electron chi connectivity index (χ2n) is 10.5. The summed E-state index contributed by atoms with van der Waals surface area (Å²) < 4.78 is 0. The molecule has 1 saturated heterocycles. The quantitative estimate of drug-likeness (QED) is 0.139. The summed E-state index contributed by atoms with van der Waals surface area (Å²) in [6, 6.07) is 4.13. The van der Waals surface area contributed by atoms with Crippen molar-refractivity contribution in [3.63, 3.8) is 0 Å². The van der Waals surface area contributed by atoms with E-state index in [0.717, 1.165) is 11.1 Å². The van der Waals surface area contributed by atoms with E-state index in [9.17, 15) is 24.0 Å². The summed E-state index contributed by atoms with van der Waals surface area (Å²) >= 11 is 0. The first kappa shape index (κ1) is 45.0. The van der Waals surface area contributed by atoms with Crippen LogP contribution in [0.25, 0.3) is 0 Å². The van der Waals surface area contributed by atoms with Crippen LogP contribution in [0.4, 0.5) is 4.79 Å². The van der Waals surface area contributed by atoms with Crippen molar-refractivity contribution < 1.29 is 24.0 Å². The Bertz CT molecular complexity index is 1120. The Morgan fingerprint density at radius 3 is 2.04 bits per heavy atom. The average Bonchev–Trinajstić information content (AvgIpc) is 3.74. The number of carbonyl (C=O) groups is 5. The highest BCUT2D eigenvalue weighted by molar-refractivity contribution is 6.38. The summed E-state index contributed by atoms with van der Waals surface area (Å²) in [5, 5.41) is 10.4. The number of likely N-dealkylation sites (tertiary alicyclic amines) is 1. The van der Waals surface area contributed by atoms with E-state index in [1.807, 2.05) is 66.1 Å². The first-order valence-electron chi connectivity index (χ1n) is 16.8. The van der Waals surface area contributed by atoms with Gasteiger partial charge in [-0.25, -0.2) is 4.79 Å². The zero-order chi connectivity index (χ0) is 36.4. The molecule has 0 spiro atoms. The maximum absolute atomic E-state index is 13.7. The van der Waals surface area contributed by atoms with Crippen LogP contribution in [0.5, 0.6) is 0 Å². The number of urea groups is 1. The number of amides is 5. The van der Waals surface area contributed by atoms with E-state index in [4.69, 9.17) is 12.2 Å². The minimum atomic E-state index is -1.13. The maximum atomic E-state index is 13.7. The first-order valence-corrected chi connectivity index (χ1v) is 16.8. The van der Waals surface area contributed by atoms with Crippen molar-refractivity contribution in [2.24, 2.45) is 11.7 Å². The minimum Gasteiger partial charge on any atom is -0.352 e. The molecule has 0 aromatic heterocycles. The highest BCUT2D eigenvalue weighted by Crippen LogP contribution is 2.31. The summed E-state index contributed by atoms with van der Waals surface area (Å²) in [5.74, 6) is -0.423. The number of terminal acetylenes is 1. The zero-order valence-corrected chi connectivity index (χ0v) is 29.9. The number of hydrogen-bond acceptors (Lipinski definition) is 6. The third kappa shape index (κ3) is 15.8. The molecule has 3 atom stereocenters. The number of primary amides is 1. The smallest absolute Gasteiger partial charge is 0.312 e. The third-order valence-corrected chi connectivity index (χ3v) is 6.80. The molecule has 3 rings (SSSR count). The van der Waals surface area contributed by atoms with E-state index in [-0.39, 0.29) is 25.3 Å². The first-order chi connectivity index (χ1) is 22.6. The Morgan fingerprint density at radius 2 is 1.57 bits per heavy atom. The summed E-state index contributed by atoms with van der Waals surface area (Å²) in [6.07, 6.45) is 10.4. The number of nitrogens with one attached hydrogen (secondary N) is 4. The Balaban J connectivity index is 0. The maximum Gasteiger partial charge on any atom is 0.312 e. The van der Waals surface area contributed by atoms with E-state index in [1.165, 1.54) is 17.4 Å². The molecule has 0 bridgehead atoms. The molecule has 11 nitrogen and oxygen atoms in total. The molecule has 2 aliphatic rings. The summed E-state index contributed by atoms with van der Waals surface area (Å²) in [6.45, 7) is 16.2. The lowest BCUT2D eigenvalue weighted by atomic mass is 9.95. The number of ketones is 1. The molecule has 5 amide bonds.